The second kappa shape index (κ2) is 7.14. The van der Waals surface area contributed by atoms with Crippen LogP contribution in [-0.4, -0.2) is 20.0 Å². The third-order valence-corrected chi connectivity index (χ3v) is 5.71. The number of carbonyl (C=O) groups is 1. The molecular weight excluding hydrogens is 364 g/mol. The highest BCUT2D eigenvalue weighted by Gasteiger charge is 2.38. The Morgan fingerprint density at radius 3 is 2.45 bits per heavy atom. The van der Waals surface area contributed by atoms with Gasteiger partial charge in [-0.3, -0.25) is 4.79 Å². The van der Waals surface area contributed by atoms with Gasteiger partial charge in [0.1, 0.15) is 0 Å². The van der Waals surface area contributed by atoms with Crippen LogP contribution in [0.3, 0.4) is 0 Å². The Balaban J connectivity index is 1.89. The number of ether oxygens (including phenoxy) is 2. The third kappa shape index (κ3) is 3.57. The van der Waals surface area contributed by atoms with E-state index in [9.17, 15) is 4.79 Å². The number of anilines is 2. The van der Waals surface area contributed by atoms with Crippen molar-refractivity contribution in [2.24, 2.45) is 5.41 Å². The van der Waals surface area contributed by atoms with Crippen LogP contribution < -0.4 is 20.1 Å². The zero-order chi connectivity index (χ0) is 20.8. The lowest BCUT2D eigenvalue weighted by atomic mass is 9.73. The lowest BCUT2D eigenvalue weighted by Gasteiger charge is -2.34. The number of Topliss-reactive ketones (excluding diaryl/α,β-unsaturated/α-hetero) is 1. The van der Waals surface area contributed by atoms with Gasteiger partial charge in [0.2, 0.25) is 0 Å². The van der Waals surface area contributed by atoms with Crippen molar-refractivity contribution in [3.05, 3.63) is 58.8 Å². The van der Waals surface area contributed by atoms with Gasteiger partial charge in [-0.25, -0.2) is 0 Å². The summed E-state index contributed by atoms with van der Waals surface area (Å²) in [4.78, 5) is 13.3. The number of methoxy groups -OCH3 is 2. The van der Waals surface area contributed by atoms with Gasteiger partial charge in [0.05, 0.1) is 31.6 Å². The highest BCUT2D eigenvalue weighted by Crippen LogP contribution is 2.46. The Kier molecular flexibility index (Phi) is 4.77. The second-order valence-corrected chi connectivity index (χ2v) is 8.70. The van der Waals surface area contributed by atoms with Crippen LogP contribution in [0.5, 0.6) is 11.5 Å². The molecule has 1 heterocycles. The van der Waals surface area contributed by atoms with E-state index < -0.39 is 0 Å². The molecular formula is C24H28N2O3. The summed E-state index contributed by atoms with van der Waals surface area (Å²) >= 11 is 0. The molecule has 0 saturated carbocycles. The topological polar surface area (TPSA) is 59.6 Å². The number of benzene rings is 2. The van der Waals surface area contributed by atoms with Crippen molar-refractivity contribution in [2.45, 2.75) is 39.7 Å². The number of carbonyl (C=O) groups excluding carboxylic acids is 1. The van der Waals surface area contributed by atoms with Crippen molar-refractivity contribution >= 4 is 17.2 Å². The highest BCUT2D eigenvalue weighted by molar-refractivity contribution is 6.01. The Bertz CT molecular complexity index is 1010. The average molecular weight is 392 g/mol. The van der Waals surface area contributed by atoms with Gasteiger partial charge < -0.3 is 20.1 Å². The zero-order valence-electron chi connectivity index (χ0n) is 17.7. The smallest absolute Gasteiger partial charge is 0.163 e. The van der Waals surface area contributed by atoms with Gasteiger partial charge >= 0.3 is 0 Å². The normalized spacial score (nSPS) is 20.0. The number of aryl methyl sites for hydroxylation is 1. The number of rotatable bonds is 3. The van der Waals surface area contributed by atoms with Crippen LogP contribution >= 0.6 is 0 Å². The van der Waals surface area contributed by atoms with Gasteiger partial charge in [-0.1, -0.05) is 26.0 Å². The van der Waals surface area contributed by atoms with Crippen molar-refractivity contribution in [3.8, 4) is 11.5 Å². The number of ketones is 1. The molecule has 0 aromatic heterocycles. The molecule has 0 spiro atoms. The van der Waals surface area contributed by atoms with E-state index in [2.05, 4.69) is 49.6 Å². The molecule has 2 aromatic rings. The third-order valence-electron chi connectivity index (χ3n) is 5.71. The molecule has 1 aliphatic heterocycles. The molecule has 4 rings (SSSR count). The van der Waals surface area contributed by atoms with E-state index in [1.54, 1.807) is 14.2 Å². The summed E-state index contributed by atoms with van der Waals surface area (Å²) in [6, 6.07) is 11.9. The van der Waals surface area contributed by atoms with Gasteiger partial charge in [-0.2, -0.15) is 0 Å². The van der Waals surface area contributed by atoms with Gasteiger partial charge in [0.25, 0.3) is 0 Å². The zero-order valence-corrected chi connectivity index (χ0v) is 17.7. The van der Waals surface area contributed by atoms with Crippen LogP contribution in [0.25, 0.3) is 0 Å². The number of hydrogen-bond acceptors (Lipinski definition) is 5. The van der Waals surface area contributed by atoms with E-state index in [0.717, 1.165) is 40.2 Å². The van der Waals surface area contributed by atoms with Crippen LogP contribution in [0.15, 0.2) is 47.7 Å². The number of hydrogen-bond donors (Lipinski definition) is 2. The van der Waals surface area contributed by atoms with E-state index >= 15 is 0 Å². The van der Waals surface area contributed by atoms with E-state index in [4.69, 9.17) is 9.47 Å². The van der Waals surface area contributed by atoms with Crippen molar-refractivity contribution in [3.63, 3.8) is 0 Å². The molecule has 152 valence electrons. The van der Waals surface area contributed by atoms with Gasteiger partial charge in [0.15, 0.2) is 17.3 Å². The average Bonchev–Trinajstić information content (AvgIpc) is 2.82. The lowest BCUT2D eigenvalue weighted by molar-refractivity contribution is -0.118. The molecule has 0 saturated heterocycles. The molecule has 1 atom stereocenters. The van der Waals surface area contributed by atoms with Gasteiger partial charge in [-0.05, 0) is 54.2 Å². The summed E-state index contributed by atoms with van der Waals surface area (Å²) in [5, 5.41) is 7.19. The van der Waals surface area contributed by atoms with E-state index in [1.165, 1.54) is 0 Å². The fraction of sp³-hybridized carbons (Fsp3) is 0.375. The first kappa shape index (κ1) is 19.4. The maximum absolute atomic E-state index is 13.3. The van der Waals surface area contributed by atoms with Crippen molar-refractivity contribution in [1.82, 2.24) is 0 Å². The second-order valence-electron chi connectivity index (χ2n) is 8.70. The van der Waals surface area contributed by atoms with Gasteiger partial charge in [0, 0.05) is 17.7 Å². The predicted octanol–water partition coefficient (Wildman–Crippen LogP) is 5.23. The maximum Gasteiger partial charge on any atom is 0.163 e. The van der Waals surface area contributed by atoms with Crippen LogP contribution in [0.4, 0.5) is 11.4 Å². The minimum Gasteiger partial charge on any atom is -0.493 e. The Morgan fingerprint density at radius 1 is 0.966 bits per heavy atom. The molecule has 1 aliphatic carbocycles. The van der Waals surface area contributed by atoms with Crippen LogP contribution in [-0.2, 0) is 4.79 Å². The molecule has 2 aromatic carbocycles. The lowest BCUT2D eigenvalue weighted by Crippen LogP contribution is -2.31. The van der Waals surface area contributed by atoms with Gasteiger partial charge in [-0.15, -0.1) is 0 Å². The molecule has 0 unspecified atom stereocenters. The largest absolute Gasteiger partial charge is 0.493 e. The molecule has 5 heteroatoms. The number of nitrogens with one attached hydrogen (secondary N) is 2. The summed E-state index contributed by atoms with van der Waals surface area (Å²) in [7, 11) is 3.25. The van der Waals surface area contributed by atoms with E-state index in [1.807, 2.05) is 18.2 Å². The summed E-state index contributed by atoms with van der Waals surface area (Å²) in [5.41, 5.74) is 5.86. The predicted molar refractivity (Wildman–Crippen MR) is 116 cm³/mol. The molecule has 0 radical (unpaired) electrons. The molecule has 2 N–H and O–H groups in total. The van der Waals surface area contributed by atoms with Crippen LogP contribution in [0, 0.1) is 12.3 Å². The monoisotopic (exact) mass is 392 g/mol. The van der Waals surface area contributed by atoms with E-state index in [-0.39, 0.29) is 17.2 Å². The Labute approximate surface area is 172 Å². The molecule has 0 bridgehead atoms. The number of allylic oxidation sites excluding steroid dienone is 1. The standard InChI is InChI=1S/C24H28N2O3/c1-14-6-8-16-17(10-14)26-23(15-7-9-20(28-4)21(11-15)29-5)22-18(25-16)12-24(2,3)13-19(22)27/h6-11,23,25-26H,12-13H2,1-5H3/t23-/m1/s1. The van der Waals surface area contributed by atoms with Crippen LogP contribution in [0.2, 0.25) is 0 Å². The summed E-state index contributed by atoms with van der Waals surface area (Å²) in [6.45, 7) is 6.37. The first-order valence-electron chi connectivity index (χ1n) is 9.94. The first-order valence-corrected chi connectivity index (χ1v) is 9.94. The SMILES string of the molecule is COc1ccc([C@H]2Nc3cc(C)ccc3NC3=C2C(=O)CC(C)(C)C3)cc1OC. The fourth-order valence-corrected chi connectivity index (χ4v) is 4.34. The van der Waals surface area contributed by atoms with Crippen molar-refractivity contribution < 1.29 is 14.3 Å². The fourth-order valence-electron chi connectivity index (χ4n) is 4.34. The minimum atomic E-state index is -0.260. The van der Waals surface area contributed by atoms with Crippen LogP contribution in [0.1, 0.15) is 43.9 Å². The maximum atomic E-state index is 13.3. The summed E-state index contributed by atoms with van der Waals surface area (Å²) in [5.74, 6) is 1.50. The molecule has 0 amide bonds. The molecule has 0 fully saturated rings. The van der Waals surface area contributed by atoms with E-state index in [0.29, 0.717) is 17.9 Å². The molecule has 5 nitrogen and oxygen atoms in total. The summed E-state index contributed by atoms with van der Waals surface area (Å²) < 4.78 is 10.9. The van der Waals surface area contributed by atoms with Crippen molar-refractivity contribution in [1.29, 1.82) is 0 Å². The molecule has 29 heavy (non-hydrogen) atoms. The quantitative estimate of drug-likeness (QED) is 0.749. The number of fused-ring (bicyclic) bond motifs is 1. The first-order chi connectivity index (χ1) is 13.8. The molecule has 2 aliphatic rings. The minimum absolute atomic E-state index is 0.0692. The Hall–Kier alpha value is -2.95. The summed E-state index contributed by atoms with van der Waals surface area (Å²) in [6.07, 6.45) is 1.36. The highest BCUT2D eigenvalue weighted by atomic mass is 16.5. The Morgan fingerprint density at radius 2 is 1.72 bits per heavy atom. The van der Waals surface area contributed by atoms with Crippen molar-refractivity contribution in [2.75, 3.05) is 24.9 Å².